The monoisotopic (exact) mass is 655 g/mol. The molecular formula is C37H29F4N3O4. The first-order valence-electron chi connectivity index (χ1n) is 15.6. The van der Waals surface area contributed by atoms with E-state index in [4.69, 9.17) is 9.73 Å². The fourth-order valence-electron chi connectivity index (χ4n) is 7.04. The summed E-state index contributed by atoms with van der Waals surface area (Å²) in [6.45, 7) is -0.918. The third kappa shape index (κ3) is 5.52. The number of nitrogens with zero attached hydrogens (tertiary/aromatic N) is 3. The minimum Gasteiger partial charge on any atom is -0.427 e. The standard InChI is InChI=1S/C37H29F4N3O4/c38-27-13-11-23(12-14-27)30-17-18-31(37(39,40)41)44(30)32(45)22-43-34(46)36(48-35(43)47)20-19-26-21-28(15-16-29(26)36)42-33(24-7-3-1-4-8-24)25-9-5-2-6-10-25/h1-16,21,30-31H,17-20,22H2/t30-,31?,36+/m0/s1. The molecule has 0 aromatic heterocycles. The Morgan fingerprint density at radius 2 is 1.52 bits per heavy atom. The number of rotatable bonds is 6. The van der Waals surface area contributed by atoms with Gasteiger partial charge in [0.1, 0.15) is 18.4 Å². The Kier molecular flexibility index (Phi) is 7.85. The van der Waals surface area contributed by atoms with E-state index in [9.17, 15) is 31.9 Å². The number of hydrogen-bond donors (Lipinski definition) is 0. The van der Waals surface area contributed by atoms with Crippen molar-refractivity contribution in [2.24, 2.45) is 4.99 Å². The van der Waals surface area contributed by atoms with Crippen LogP contribution in [0, 0.1) is 5.82 Å². The van der Waals surface area contributed by atoms with Crippen LogP contribution in [-0.4, -0.2) is 52.2 Å². The van der Waals surface area contributed by atoms with Crippen molar-refractivity contribution >= 4 is 29.3 Å². The van der Waals surface area contributed by atoms with Gasteiger partial charge < -0.3 is 9.64 Å². The van der Waals surface area contributed by atoms with Crippen molar-refractivity contribution in [3.63, 3.8) is 0 Å². The van der Waals surface area contributed by atoms with Crippen molar-refractivity contribution in [3.8, 4) is 0 Å². The van der Waals surface area contributed by atoms with Crippen LogP contribution in [-0.2, 0) is 26.3 Å². The Bertz CT molecular complexity index is 1870. The predicted molar refractivity (Wildman–Crippen MR) is 168 cm³/mol. The number of benzene rings is 4. The summed E-state index contributed by atoms with van der Waals surface area (Å²) in [5.41, 5.74) is 3.01. The first-order valence-corrected chi connectivity index (χ1v) is 15.6. The molecule has 2 saturated heterocycles. The van der Waals surface area contributed by atoms with Crippen LogP contribution in [0.1, 0.15) is 53.1 Å². The Morgan fingerprint density at radius 3 is 2.15 bits per heavy atom. The van der Waals surface area contributed by atoms with E-state index in [0.717, 1.165) is 34.5 Å². The molecule has 4 aromatic carbocycles. The van der Waals surface area contributed by atoms with Gasteiger partial charge in [0, 0.05) is 23.1 Å². The Hall–Kier alpha value is -5.32. The van der Waals surface area contributed by atoms with Crippen molar-refractivity contribution in [1.82, 2.24) is 9.80 Å². The number of ether oxygens (including phenoxy) is 1. The average molecular weight is 656 g/mol. The zero-order valence-corrected chi connectivity index (χ0v) is 25.5. The summed E-state index contributed by atoms with van der Waals surface area (Å²) in [5.74, 6) is -2.42. The van der Waals surface area contributed by atoms with Gasteiger partial charge in [-0.1, -0.05) is 78.9 Å². The Morgan fingerprint density at radius 1 is 0.875 bits per heavy atom. The van der Waals surface area contributed by atoms with E-state index in [-0.39, 0.29) is 19.3 Å². The van der Waals surface area contributed by atoms with Crippen molar-refractivity contribution < 1.29 is 36.7 Å². The van der Waals surface area contributed by atoms with Gasteiger partial charge in [0.15, 0.2) is 0 Å². The zero-order valence-electron chi connectivity index (χ0n) is 25.5. The summed E-state index contributed by atoms with van der Waals surface area (Å²) < 4.78 is 61.4. The molecule has 244 valence electrons. The first kappa shape index (κ1) is 31.3. The first-order chi connectivity index (χ1) is 23.0. The molecular weight excluding hydrogens is 626 g/mol. The predicted octanol–water partition coefficient (Wildman–Crippen LogP) is 7.41. The van der Waals surface area contributed by atoms with Crippen molar-refractivity contribution in [1.29, 1.82) is 0 Å². The van der Waals surface area contributed by atoms with Crippen molar-refractivity contribution in [3.05, 3.63) is 137 Å². The van der Waals surface area contributed by atoms with Crippen molar-refractivity contribution in [2.75, 3.05) is 6.54 Å². The normalized spacial score (nSPS) is 21.8. The van der Waals surface area contributed by atoms with Gasteiger partial charge in [0.05, 0.1) is 17.4 Å². The van der Waals surface area contributed by atoms with Crippen LogP contribution in [0.4, 0.5) is 28.0 Å². The second kappa shape index (κ2) is 12.0. The highest BCUT2D eigenvalue weighted by atomic mass is 19.4. The molecule has 2 aliphatic heterocycles. The second-order valence-corrected chi connectivity index (χ2v) is 12.1. The SMILES string of the molecule is O=C1O[C@@]2(CCc3cc(N=C(c4ccccc4)c4ccccc4)ccc32)C(=O)N1CC(=O)N1C(C(F)(F)F)CC[C@H]1c1ccc(F)cc1. The van der Waals surface area contributed by atoms with E-state index in [1.54, 1.807) is 12.1 Å². The molecule has 4 aromatic rings. The van der Waals surface area contributed by atoms with E-state index < -0.39 is 54.1 Å². The highest BCUT2D eigenvalue weighted by molar-refractivity contribution is 6.14. The number of aryl methyl sites for hydroxylation is 1. The van der Waals surface area contributed by atoms with E-state index in [1.165, 1.54) is 12.1 Å². The molecule has 2 heterocycles. The molecule has 1 aliphatic carbocycles. The maximum absolute atomic E-state index is 14.1. The van der Waals surface area contributed by atoms with Gasteiger partial charge in [-0.15, -0.1) is 0 Å². The quantitative estimate of drug-likeness (QED) is 0.160. The number of imide groups is 1. The summed E-state index contributed by atoms with van der Waals surface area (Å²) in [5, 5.41) is 0. The van der Waals surface area contributed by atoms with Crippen LogP contribution in [0.25, 0.3) is 0 Å². The number of likely N-dealkylation sites (tertiary alicyclic amines) is 1. The van der Waals surface area contributed by atoms with E-state index in [0.29, 0.717) is 33.0 Å². The summed E-state index contributed by atoms with van der Waals surface area (Å²) in [6.07, 6.45) is -5.73. The summed E-state index contributed by atoms with van der Waals surface area (Å²) in [4.78, 5) is 46.8. The van der Waals surface area contributed by atoms with Crippen LogP contribution in [0.5, 0.6) is 0 Å². The van der Waals surface area contributed by atoms with Crippen LogP contribution >= 0.6 is 0 Å². The summed E-state index contributed by atoms with van der Waals surface area (Å²) in [7, 11) is 0. The van der Waals surface area contributed by atoms with Crippen LogP contribution in [0.3, 0.4) is 0 Å². The van der Waals surface area contributed by atoms with Gasteiger partial charge in [-0.05, 0) is 54.7 Å². The molecule has 3 atom stereocenters. The molecule has 0 bridgehead atoms. The van der Waals surface area contributed by atoms with Gasteiger partial charge >= 0.3 is 12.3 Å². The molecule has 1 unspecified atom stereocenters. The zero-order chi connectivity index (χ0) is 33.6. The molecule has 0 N–H and O–H groups in total. The molecule has 1 spiro atoms. The summed E-state index contributed by atoms with van der Waals surface area (Å²) in [6, 6.07) is 26.4. The topological polar surface area (TPSA) is 79.3 Å². The van der Waals surface area contributed by atoms with Gasteiger partial charge in [-0.3, -0.25) is 9.59 Å². The lowest BCUT2D eigenvalue weighted by molar-refractivity contribution is -0.186. The largest absolute Gasteiger partial charge is 0.427 e. The molecule has 0 saturated carbocycles. The van der Waals surface area contributed by atoms with Crippen molar-refractivity contribution in [2.45, 2.75) is 49.5 Å². The third-order valence-electron chi connectivity index (χ3n) is 9.28. The Balaban J connectivity index is 1.16. The maximum Gasteiger partial charge on any atom is 0.418 e. The smallest absolute Gasteiger partial charge is 0.418 e. The molecule has 48 heavy (non-hydrogen) atoms. The van der Waals surface area contributed by atoms with E-state index in [1.807, 2.05) is 66.7 Å². The van der Waals surface area contributed by atoms with Gasteiger partial charge in [0.25, 0.3) is 5.91 Å². The Labute approximate surface area is 273 Å². The van der Waals surface area contributed by atoms with Crippen LogP contribution < -0.4 is 0 Å². The molecule has 3 aliphatic rings. The molecule has 11 heteroatoms. The molecule has 2 fully saturated rings. The van der Waals surface area contributed by atoms with E-state index in [2.05, 4.69) is 0 Å². The highest BCUT2D eigenvalue weighted by Gasteiger charge is 2.59. The lowest BCUT2D eigenvalue weighted by Gasteiger charge is -2.32. The van der Waals surface area contributed by atoms with Gasteiger partial charge in [0.2, 0.25) is 11.5 Å². The fourth-order valence-corrected chi connectivity index (χ4v) is 7.04. The number of hydrogen-bond acceptors (Lipinski definition) is 5. The number of alkyl halides is 3. The number of halogens is 4. The van der Waals surface area contributed by atoms with Gasteiger partial charge in [-0.25, -0.2) is 19.1 Å². The fraction of sp³-hybridized carbons (Fsp3) is 0.243. The number of carbonyl (C=O) groups excluding carboxylic acids is 3. The lowest BCUT2D eigenvalue weighted by Crippen LogP contribution is -2.50. The minimum absolute atomic E-state index is 0.0155. The summed E-state index contributed by atoms with van der Waals surface area (Å²) >= 11 is 0. The average Bonchev–Trinajstić information content (AvgIpc) is 3.76. The van der Waals surface area contributed by atoms with Crippen LogP contribution in [0.2, 0.25) is 0 Å². The molecule has 7 nitrogen and oxygen atoms in total. The minimum atomic E-state index is -4.74. The van der Waals surface area contributed by atoms with Crippen LogP contribution in [0.15, 0.2) is 108 Å². The van der Waals surface area contributed by atoms with E-state index >= 15 is 0 Å². The van der Waals surface area contributed by atoms with Gasteiger partial charge in [-0.2, -0.15) is 13.2 Å². The molecule has 0 radical (unpaired) electrons. The number of carbonyl (C=O) groups is 3. The number of aliphatic imine (C=N–C) groups is 1. The maximum atomic E-state index is 14.1. The number of amides is 3. The molecule has 7 rings (SSSR count). The highest BCUT2D eigenvalue weighted by Crippen LogP contribution is 2.47. The second-order valence-electron chi connectivity index (χ2n) is 12.1. The molecule has 3 amide bonds. The lowest BCUT2D eigenvalue weighted by atomic mass is 9.94. The third-order valence-corrected chi connectivity index (χ3v) is 9.28. The number of fused-ring (bicyclic) bond motifs is 2.